The molecule has 0 spiro atoms. The van der Waals surface area contributed by atoms with Gasteiger partial charge in [-0.15, -0.1) is 11.8 Å². The standard InChI is InChI=1S/C17H24N2OS/c1-13-7-5-6-10-19(13)14-11-18(12-14)17(20)15-8-3-4-9-16(15)21-2/h3-4,8-9,13-14H,5-7,10-12H2,1-2H3/t13-/m1/s1. The van der Waals surface area contributed by atoms with E-state index >= 15 is 0 Å². The summed E-state index contributed by atoms with van der Waals surface area (Å²) in [6.07, 6.45) is 6.00. The van der Waals surface area contributed by atoms with Gasteiger partial charge in [0, 0.05) is 30.1 Å². The van der Waals surface area contributed by atoms with Gasteiger partial charge in [0.25, 0.3) is 5.91 Å². The van der Waals surface area contributed by atoms with Gasteiger partial charge < -0.3 is 4.90 Å². The van der Waals surface area contributed by atoms with Gasteiger partial charge in [-0.3, -0.25) is 9.69 Å². The first-order valence-corrected chi connectivity index (χ1v) is 9.11. The summed E-state index contributed by atoms with van der Waals surface area (Å²) in [7, 11) is 0. The Bertz CT molecular complexity index is 513. The summed E-state index contributed by atoms with van der Waals surface area (Å²) >= 11 is 1.65. The highest BCUT2D eigenvalue weighted by molar-refractivity contribution is 7.98. The first-order valence-electron chi connectivity index (χ1n) is 7.88. The predicted molar refractivity (Wildman–Crippen MR) is 87.9 cm³/mol. The maximum absolute atomic E-state index is 12.6. The van der Waals surface area contributed by atoms with Gasteiger partial charge in [-0.2, -0.15) is 0 Å². The molecule has 2 fully saturated rings. The van der Waals surface area contributed by atoms with Crippen molar-refractivity contribution in [1.82, 2.24) is 9.80 Å². The third-order valence-electron chi connectivity index (χ3n) is 4.81. The summed E-state index contributed by atoms with van der Waals surface area (Å²) in [4.78, 5) is 18.3. The summed E-state index contributed by atoms with van der Waals surface area (Å²) in [6.45, 7) is 5.32. The van der Waals surface area contributed by atoms with Gasteiger partial charge in [0.1, 0.15) is 0 Å². The normalized spacial score (nSPS) is 23.9. The number of nitrogens with zero attached hydrogens (tertiary/aromatic N) is 2. The third-order valence-corrected chi connectivity index (χ3v) is 5.61. The Hall–Kier alpha value is -1.00. The zero-order valence-corrected chi connectivity index (χ0v) is 13.7. The molecule has 2 saturated heterocycles. The Balaban J connectivity index is 1.62. The molecule has 3 rings (SSSR count). The van der Waals surface area contributed by atoms with E-state index in [9.17, 15) is 4.79 Å². The fourth-order valence-corrected chi connectivity index (χ4v) is 4.08. The molecule has 1 aromatic carbocycles. The smallest absolute Gasteiger partial charge is 0.255 e. The number of hydrogen-bond donors (Lipinski definition) is 0. The second-order valence-electron chi connectivity index (χ2n) is 6.15. The average Bonchev–Trinajstić information content (AvgIpc) is 2.47. The number of hydrogen-bond acceptors (Lipinski definition) is 3. The lowest BCUT2D eigenvalue weighted by Gasteiger charge is -2.49. The minimum absolute atomic E-state index is 0.195. The van der Waals surface area contributed by atoms with E-state index < -0.39 is 0 Å². The molecule has 2 aliphatic heterocycles. The van der Waals surface area contributed by atoms with Crippen molar-refractivity contribution in [1.29, 1.82) is 0 Å². The molecule has 1 atom stereocenters. The summed E-state index contributed by atoms with van der Waals surface area (Å²) in [5, 5.41) is 0. The number of benzene rings is 1. The van der Waals surface area contributed by atoms with Gasteiger partial charge in [0.2, 0.25) is 0 Å². The van der Waals surface area contributed by atoms with Crippen molar-refractivity contribution in [2.45, 2.75) is 43.2 Å². The summed E-state index contributed by atoms with van der Waals surface area (Å²) in [6, 6.07) is 9.19. The van der Waals surface area contributed by atoms with Crippen LogP contribution in [0.15, 0.2) is 29.2 Å². The molecule has 1 aromatic rings. The lowest BCUT2D eigenvalue weighted by Crippen LogP contribution is -2.63. The van der Waals surface area contributed by atoms with Crippen molar-refractivity contribution in [3.8, 4) is 0 Å². The number of amides is 1. The number of piperidine rings is 1. The molecule has 0 bridgehead atoms. The van der Waals surface area contributed by atoms with Crippen molar-refractivity contribution < 1.29 is 4.79 Å². The Morgan fingerprint density at radius 1 is 1.24 bits per heavy atom. The Kier molecular flexibility index (Phi) is 4.55. The molecule has 3 nitrogen and oxygen atoms in total. The fraction of sp³-hybridized carbons (Fsp3) is 0.588. The van der Waals surface area contributed by atoms with Crippen molar-refractivity contribution in [2.24, 2.45) is 0 Å². The first-order chi connectivity index (χ1) is 10.2. The Morgan fingerprint density at radius 2 is 2.00 bits per heavy atom. The number of rotatable bonds is 3. The number of carbonyl (C=O) groups excluding carboxylic acids is 1. The molecule has 0 unspecified atom stereocenters. The lowest BCUT2D eigenvalue weighted by atomic mass is 9.97. The van der Waals surface area contributed by atoms with E-state index in [-0.39, 0.29) is 5.91 Å². The molecule has 2 heterocycles. The number of likely N-dealkylation sites (tertiary alicyclic amines) is 2. The summed E-state index contributed by atoms with van der Waals surface area (Å²) < 4.78 is 0. The molecule has 4 heteroatoms. The highest BCUT2D eigenvalue weighted by Crippen LogP contribution is 2.27. The summed E-state index contributed by atoms with van der Waals surface area (Å²) in [5.74, 6) is 0.195. The molecule has 21 heavy (non-hydrogen) atoms. The van der Waals surface area contributed by atoms with Crippen LogP contribution in [0.1, 0.15) is 36.5 Å². The van der Waals surface area contributed by atoms with Crippen LogP contribution in [0.3, 0.4) is 0 Å². The van der Waals surface area contributed by atoms with E-state index in [0.717, 1.165) is 23.5 Å². The highest BCUT2D eigenvalue weighted by Gasteiger charge is 2.37. The third kappa shape index (κ3) is 2.97. The zero-order valence-electron chi connectivity index (χ0n) is 12.9. The van der Waals surface area contributed by atoms with Gasteiger partial charge in [-0.05, 0) is 44.7 Å². The SMILES string of the molecule is CSc1ccccc1C(=O)N1CC(N2CCCC[C@H]2C)C1. The van der Waals surface area contributed by atoms with Crippen molar-refractivity contribution in [3.05, 3.63) is 29.8 Å². The van der Waals surface area contributed by atoms with Crippen LogP contribution in [0.5, 0.6) is 0 Å². The van der Waals surface area contributed by atoms with Crippen LogP contribution in [-0.2, 0) is 0 Å². The molecule has 0 aromatic heterocycles. The molecular formula is C17H24N2OS. The van der Waals surface area contributed by atoms with Crippen LogP contribution in [0, 0.1) is 0 Å². The molecule has 0 N–H and O–H groups in total. The molecular weight excluding hydrogens is 280 g/mol. The minimum Gasteiger partial charge on any atom is -0.335 e. The Labute approximate surface area is 131 Å². The first kappa shape index (κ1) is 14.9. The van der Waals surface area contributed by atoms with Gasteiger partial charge in [-0.25, -0.2) is 0 Å². The molecule has 0 saturated carbocycles. The fourth-order valence-electron chi connectivity index (χ4n) is 3.49. The second-order valence-corrected chi connectivity index (χ2v) is 6.99. The summed E-state index contributed by atoms with van der Waals surface area (Å²) in [5.41, 5.74) is 0.857. The molecule has 1 amide bonds. The number of thioether (sulfide) groups is 1. The van der Waals surface area contributed by atoms with Crippen molar-refractivity contribution in [2.75, 3.05) is 25.9 Å². The van der Waals surface area contributed by atoms with E-state index in [1.54, 1.807) is 11.8 Å². The van der Waals surface area contributed by atoms with Crippen LogP contribution in [0.4, 0.5) is 0 Å². The minimum atomic E-state index is 0.195. The average molecular weight is 304 g/mol. The van der Waals surface area contributed by atoms with Gasteiger partial charge in [0.05, 0.1) is 5.56 Å². The largest absolute Gasteiger partial charge is 0.335 e. The van der Waals surface area contributed by atoms with Crippen LogP contribution < -0.4 is 0 Å². The van der Waals surface area contributed by atoms with Gasteiger partial charge >= 0.3 is 0 Å². The van der Waals surface area contributed by atoms with Crippen LogP contribution in [0.25, 0.3) is 0 Å². The van der Waals surface area contributed by atoms with Crippen molar-refractivity contribution in [3.63, 3.8) is 0 Å². The quantitative estimate of drug-likeness (QED) is 0.802. The van der Waals surface area contributed by atoms with Gasteiger partial charge in [-0.1, -0.05) is 18.6 Å². The van der Waals surface area contributed by atoms with Crippen LogP contribution >= 0.6 is 11.8 Å². The van der Waals surface area contributed by atoms with Gasteiger partial charge in [0.15, 0.2) is 0 Å². The highest BCUT2D eigenvalue weighted by atomic mass is 32.2. The predicted octanol–water partition coefficient (Wildman–Crippen LogP) is 3.11. The van der Waals surface area contributed by atoms with Crippen LogP contribution in [0.2, 0.25) is 0 Å². The van der Waals surface area contributed by atoms with E-state index in [2.05, 4.69) is 11.8 Å². The lowest BCUT2D eigenvalue weighted by molar-refractivity contribution is 0.00194. The van der Waals surface area contributed by atoms with E-state index in [0.29, 0.717) is 12.1 Å². The molecule has 0 radical (unpaired) electrons. The zero-order chi connectivity index (χ0) is 14.8. The Morgan fingerprint density at radius 3 is 2.71 bits per heavy atom. The maximum atomic E-state index is 12.6. The van der Waals surface area contributed by atoms with Crippen molar-refractivity contribution >= 4 is 17.7 Å². The maximum Gasteiger partial charge on any atom is 0.255 e. The van der Waals surface area contributed by atoms with Crippen LogP contribution in [-0.4, -0.2) is 53.7 Å². The van der Waals surface area contributed by atoms with E-state index in [1.165, 1.54) is 25.8 Å². The topological polar surface area (TPSA) is 23.6 Å². The molecule has 0 aliphatic carbocycles. The van der Waals surface area contributed by atoms with E-state index in [4.69, 9.17) is 0 Å². The van der Waals surface area contributed by atoms with E-state index in [1.807, 2.05) is 35.4 Å². The second kappa shape index (κ2) is 6.41. The molecule has 2 aliphatic rings. The number of carbonyl (C=O) groups is 1. The monoisotopic (exact) mass is 304 g/mol. The molecule has 114 valence electrons.